The van der Waals surface area contributed by atoms with E-state index in [1.54, 1.807) is 0 Å². The van der Waals surface area contributed by atoms with Gasteiger partial charge in [0, 0.05) is 12.6 Å². The number of hydrogen-bond acceptors (Lipinski definition) is 4. The Bertz CT molecular complexity index is 366. The Balaban J connectivity index is 1.65. The lowest BCUT2D eigenvalue weighted by atomic mass is 10.0. The third-order valence-electron chi connectivity index (χ3n) is 2.90. The van der Waals surface area contributed by atoms with Gasteiger partial charge in [0.1, 0.15) is 0 Å². The molecule has 0 aromatic heterocycles. The number of hydroxylamine groups is 1. The standard InChI is InChI=1S/C13H17N3O/c14-8-12-6-7-13(9-15-12)16-17-10-11-4-2-1-3-5-11/h1-5,12-13,15-16H,6-7,9-10H2/t12-,13?/m0/s1. The molecule has 4 heteroatoms. The number of nitriles is 1. The summed E-state index contributed by atoms with van der Waals surface area (Å²) in [6, 6.07) is 12.6. The molecule has 1 aromatic rings. The van der Waals surface area contributed by atoms with Gasteiger partial charge in [-0.1, -0.05) is 30.3 Å². The third-order valence-corrected chi connectivity index (χ3v) is 2.90. The fraction of sp³-hybridized carbons (Fsp3) is 0.462. The van der Waals surface area contributed by atoms with Crippen LogP contribution in [0.3, 0.4) is 0 Å². The summed E-state index contributed by atoms with van der Waals surface area (Å²) in [7, 11) is 0. The fourth-order valence-corrected chi connectivity index (χ4v) is 1.88. The second-order valence-electron chi connectivity index (χ2n) is 4.26. The zero-order chi connectivity index (χ0) is 11.9. The first-order valence-electron chi connectivity index (χ1n) is 5.92. The molecule has 2 N–H and O–H groups in total. The molecule has 1 aliphatic rings. The highest BCUT2D eigenvalue weighted by Crippen LogP contribution is 2.08. The van der Waals surface area contributed by atoms with Crippen molar-refractivity contribution < 1.29 is 4.84 Å². The Hall–Kier alpha value is -1.41. The zero-order valence-corrected chi connectivity index (χ0v) is 9.73. The van der Waals surface area contributed by atoms with E-state index >= 15 is 0 Å². The summed E-state index contributed by atoms with van der Waals surface area (Å²) in [5, 5.41) is 11.9. The van der Waals surface area contributed by atoms with Gasteiger partial charge in [0.05, 0.1) is 18.7 Å². The second kappa shape index (κ2) is 6.36. The van der Waals surface area contributed by atoms with E-state index in [0.717, 1.165) is 24.9 Å². The van der Waals surface area contributed by atoms with Crippen molar-refractivity contribution in [3.05, 3.63) is 35.9 Å². The van der Waals surface area contributed by atoms with Crippen LogP contribution in [0.5, 0.6) is 0 Å². The lowest BCUT2D eigenvalue weighted by Crippen LogP contribution is -2.47. The van der Waals surface area contributed by atoms with Crippen molar-refractivity contribution >= 4 is 0 Å². The second-order valence-corrected chi connectivity index (χ2v) is 4.26. The first kappa shape index (κ1) is 12.1. The van der Waals surface area contributed by atoms with Gasteiger partial charge >= 0.3 is 0 Å². The maximum atomic E-state index is 8.74. The van der Waals surface area contributed by atoms with Gasteiger partial charge in [-0.05, 0) is 18.4 Å². The summed E-state index contributed by atoms with van der Waals surface area (Å²) in [5.41, 5.74) is 4.19. The average molecular weight is 231 g/mol. The summed E-state index contributed by atoms with van der Waals surface area (Å²) in [6.07, 6.45) is 1.85. The van der Waals surface area contributed by atoms with E-state index in [9.17, 15) is 0 Å². The Kier molecular flexibility index (Phi) is 4.51. The summed E-state index contributed by atoms with van der Waals surface area (Å²) in [6.45, 7) is 1.35. The molecular weight excluding hydrogens is 214 g/mol. The average Bonchev–Trinajstić information content (AvgIpc) is 2.41. The normalized spacial score (nSPS) is 24.2. The number of piperidine rings is 1. The van der Waals surface area contributed by atoms with E-state index in [1.807, 2.05) is 30.3 Å². The van der Waals surface area contributed by atoms with Gasteiger partial charge in [-0.15, -0.1) is 0 Å². The number of nitrogens with zero attached hydrogens (tertiary/aromatic N) is 1. The number of rotatable bonds is 4. The number of hydrogen-bond donors (Lipinski definition) is 2. The van der Waals surface area contributed by atoms with Crippen LogP contribution >= 0.6 is 0 Å². The topological polar surface area (TPSA) is 57.1 Å². The van der Waals surface area contributed by atoms with E-state index in [1.165, 1.54) is 0 Å². The quantitative estimate of drug-likeness (QED) is 0.768. The van der Waals surface area contributed by atoms with Crippen molar-refractivity contribution in [3.63, 3.8) is 0 Å². The van der Waals surface area contributed by atoms with E-state index in [-0.39, 0.29) is 6.04 Å². The maximum Gasteiger partial charge on any atom is 0.0954 e. The highest BCUT2D eigenvalue weighted by Gasteiger charge is 2.19. The van der Waals surface area contributed by atoms with Crippen molar-refractivity contribution in [2.75, 3.05) is 6.54 Å². The van der Waals surface area contributed by atoms with Crippen LogP contribution in [0.4, 0.5) is 0 Å². The SMILES string of the molecule is N#C[C@@H]1CCC(NOCc2ccccc2)CN1. The van der Waals surface area contributed by atoms with Crippen molar-refractivity contribution in [2.24, 2.45) is 0 Å². The van der Waals surface area contributed by atoms with Crippen molar-refractivity contribution in [1.82, 2.24) is 10.8 Å². The first-order valence-corrected chi connectivity index (χ1v) is 5.92. The van der Waals surface area contributed by atoms with Crippen LogP contribution in [-0.4, -0.2) is 18.6 Å². The van der Waals surface area contributed by atoms with Gasteiger partial charge in [-0.3, -0.25) is 4.84 Å². The van der Waals surface area contributed by atoms with Gasteiger partial charge < -0.3 is 5.32 Å². The zero-order valence-electron chi connectivity index (χ0n) is 9.73. The molecule has 0 spiro atoms. The summed E-state index contributed by atoms with van der Waals surface area (Å²) < 4.78 is 0. The third kappa shape index (κ3) is 3.82. The highest BCUT2D eigenvalue weighted by atomic mass is 16.6. The molecule has 0 bridgehead atoms. The van der Waals surface area contributed by atoms with Crippen LogP contribution in [0, 0.1) is 11.3 Å². The van der Waals surface area contributed by atoms with E-state index in [2.05, 4.69) is 16.9 Å². The molecule has 1 aromatic carbocycles. The van der Waals surface area contributed by atoms with Gasteiger partial charge in [-0.25, -0.2) is 0 Å². The minimum atomic E-state index is 0.00201. The summed E-state index contributed by atoms with van der Waals surface area (Å²) in [5.74, 6) is 0. The van der Waals surface area contributed by atoms with Crippen LogP contribution in [0.25, 0.3) is 0 Å². The minimum Gasteiger partial charge on any atom is -0.300 e. The molecule has 0 aliphatic carbocycles. The van der Waals surface area contributed by atoms with E-state index in [0.29, 0.717) is 12.6 Å². The molecule has 0 radical (unpaired) electrons. The molecule has 17 heavy (non-hydrogen) atoms. The predicted molar refractivity (Wildman–Crippen MR) is 64.8 cm³/mol. The molecule has 1 unspecified atom stereocenters. The molecule has 0 saturated carbocycles. The largest absolute Gasteiger partial charge is 0.300 e. The first-order chi connectivity index (χ1) is 8.38. The Morgan fingerprint density at radius 2 is 2.18 bits per heavy atom. The van der Waals surface area contributed by atoms with E-state index in [4.69, 9.17) is 10.1 Å². The van der Waals surface area contributed by atoms with Crippen LogP contribution < -0.4 is 10.8 Å². The van der Waals surface area contributed by atoms with Crippen LogP contribution in [0.2, 0.25) is 0 Å². The van der Waals surface area contributed by atoms with Gasteiger partial charge in [-0.2, -0.15) is 10.7 Å². The summed E-state index contributed by atoms with van der Waals surface area (Å²) in [4.78, 5) is 5.46. The van der Waals surface area contributed by atoms with Gasteiger partial charge in [0.15, 0.2) is 0 Å². The molecular formula is C13H17N3O. The van der Waals surface area contributed by atoms with Crippen molar-refractivity contribution in [3.8, 4) is 6.07 Å². The molecule has 90 valence electrons. The smallest absolute Gasteiger partial charge is 0.0954 e. The maximum absolute atomic E-state index is 8.74. The lowest BCUT2D eigenvalue weighted by Gasteiger charge is -2.26. The molecule has 4 nitrogen and oxygen atoms in total. The van der Waals surface area contributed by atoms with Crippen LogP contribution in [0.15, 0.2) is 30.3 Å². The molecule has 1 heterocycles. The Morgan fingerprint density at radius 3 is 2.82 bits per heavy atom. The molecule has 2 atom stereocenters. The molecule has 0 amide bonds. The molecule has 1 saturated heterocycles. The fourth-order valence-electron chi connectivity index (χ4n) is 1.88. The van der Waals surface area contributed by atoms with E-state index < -0.39 is 0 Å². The highest BCUT2D eigenvalue weighted by molar-refractivity contribution is 5.13. The van der Waals surface area contributed by atoms with Crippen molar-refractivity contribution in [1.29, 1.82) is 5.26 Å². The lowest BCUT2D eigenvalue weighted by molar-refractivity contribution is -0.00271. The monoisotopic (exact) mass is 231 g/mol. The van der Waals surface area contributed by atoms with Crippen molar-refractivity contribution in [2.45, 2.75) is 31.5 Å². The Morgan fingerprint density at radius 1 is 1.35 bits per heavy atom. The predicted octanol–water partition coefficient (Wildman–Crippen LogP) is 1.35. The summed E-state index contributed by atoms with van der Waals surface area (Å²) >= 11 is 0. The van der Waals surface area contributed by atoms with Gasteiger partial charge in [0.25, 0.3) is 0 Å². The minimum absolute atomic E-state index is 0.00201. The van der Waals surface area contributed by atoms with Gasteiger partial charge in [0.2, 0.25) is 0 Å². The van der Waals surface area contributed by atoms with Crippen LogP contribution in [-0.2, 0) is 11.4 Å². The number of nitrogens with one attached hydrogen (secondary N) is 2. The Labute approximate surface area is 102 Å². The van der Waals surface area contributed by atoms with Crippen LogP contribution in [0.1, 0.15) is 18.4 Å². The molecule has 2 rings (SSSR count). The molecule has 1 aliphatic heterocycles. The molecule has 1 fully saturated rings. The number of benzene rings is 1.